The second-order valence-corrected chi connectivity index (χ2v) is 12.8. The summed E-state index contributed by atoms with van der Waals surface area (Å²) in [5, 5.41) is 3.21. The van der Waals surface area contributed by atoms with Crippen LogP contribution in [0.5, 0.6) is 0 Å². The van der Waals surface area contributed by atoms with Crippen LogP contribution in [0.3, 0.4) is 0 Å². The van der Waals surface area contributed by atoms with Crippen LogP contribution in [0.4, 0.5) is 0 Å². The molecule has 0 radical (unpaired) electrons. The first-order chi connectivity index (χ1) is 14.6. The van der Waals surface area contributed by atoms with Crippen molar-refractivity contribution >= 4 is 28.7 Å². The van der Waals surface area contributed by atoms with Gasteiger partial charge in [0.25, 0.3) is 0 Å². The Morgan fingerprint density at radius 2 is 1.07 bits per heavy atom. The molecule has 0 aliphatic heterocycles. The zero-order valence-corrected chi connectivity index (χ0v) is 19.1. The van der Waals surface area contributed by atoms with E-state index in [1.165, 1.54) is 19.3 Å². The van der Waals surface area contributed by atoms with E-state index in [2.05, 4.69) is 50.0 Å². The van der Waals surface area contributed by atoms with Crippen molar-refractivity contribution in [2.24, 2.45) is 0 Å². The van der Waals surface area contributed by atoms with E-state index in [0.717, 1.165) is 28.8 Å². The molecule has 0 heterocycles. The van der Waals surface area contributed by atoms with E-state index < -0.39 is 6.83 Å². The molecule has 3 heteroatoms. The molecule has 0 amide bonds. The zero-order valence-electron chi connectivity index (χ0n) is 18.2. The summed E-state index contributed by atoms with van der Waals surface area (Å²) in [4.78, 5) is 13.2. The number of benzene rings is 3. The predicted octanol–water partition coefficient (Wildman–Crippen LogP) is 5.96. The summed E-state index contributed by atoms with van der Waals surface area (Å²) in [6.45, 7) is 0.943. The molecule has 3 aromatic carbocycles. The molecular formula is C27H33O2P. The standard InChI is InChI=1S/C27H33O2P/c1-3-4-5-6-16-23-27(28)29-30(2,24-17-10-7-11-18-24,25-19-12-8-13-20-25)26-21-14-9-15-22-26/h7-15,17-22H,3-6,16,23H2,1-2H3. The summed E-state index contributed by atoms with van der Waals surface area (Å²) < 4.78 is 6.68. The number of carbonyl (C=O) groups excluding carboxylic acids is 1. The Hall–Kier alpha value is -2.44. The Kier molecular flexibility index (Phi) is 7.45. The molecule has 2 nitrogen and oxygen atoms in total. The van der Waals surface area contributed by atoms with Crippen LogP contribution >= 0.6 is 6.83 Å². The third-order valence-corrected chi connectivity index (χ3v) is 11.2. The molecule has 0 spiro atoms. The SMILES string of the molecule is CCCCCCCC(=O)OP(C)(c1ccccc1)(c1ccccc1)c1ccccc1. The fourth-order valence-corrected chi connectivity index (χ4v) is 8.62. The van der Waals surface area contributed by atoms with Gasteiger partial charge < -0.3 is 0 Å². The Bertz CT molecular complexity index is 823. The summed E-state index contributed by atoms with van der Waals surface area (Å²) >= 11 is 0. The average molecular weight is 421 g/mol. The first kappa shape index (κ1) is 22.2. The first-order valence-corrected chi connectivity index (χ1v) is 13.6. The van der Waals surface area contributed by atoms with Crippen LogP contribution in [0.1, 0.15) is 45.4 Å². The summed E-state index contributed by atoms with van der Waals surface area (Å²) in [6.07, 6.45) is 6.01. The number of rotatable bonds is 10. The Labute approximate surface area is 181 Å². The van der Waals surface area contributed by atoms with Crippen LogP contribution in [0.15, 0.2) is 91.0 Å². The third-order valence-electron chi connectivity index (χ3n) is 5.95. The average Bonchev–Trinajstić information content (AvgIpc) is 2.81. The number of hydrogen-bond donors (Lipinski definition) is 0. The van der Waals surface area contributed by atoms with E-state index in [9.17, 15) is 4.79 Å². The van der Waals surface area contributed by atoms with Gasteiger partial charge in [-0.3, -0.25) is 0 Å². The fourth-order valence-electron chi connectivity index (χ4n) is 4.14. The van der Waals surface area contributed by atoms with Crippen LogP contribution in [0.2, 0.25) is 0 Å². The van der Waals surface area contributed by atoms with Gasteiger partial charge in [-0.2, -0.15) is 0 Å². The van der Waals surface area contributed by atoms with Crippen molar-refractivity contribution < 1.29 is 9.32 Å². The van der Waals surface area contributed by atoms with Gasteiger partial charge in [0.05, 0.1) is 0 Å². The van der Waals surface area contributed by atoms with Gasteiger partial charge in [-0.15, -0.1) is 0 Å². The second-order valence-electron chi connectivity index (χ2n) is 8.10. The van der Waals surface area contributed by atoms with Gasteiger partial charge >= 0.3 is 181 Å². The van der Waals surface area contributed by atoms with E-state index in [4.69, 9.17) is 4.52 Å². The van der Waals surface area contributed by atoms with Crippen molar-refractivity contribution in [1.29, 1.82) is 0 Å². The molecule has 0 saturated heterocycles. The maximum atomic E-state index is 13.2. The van der Waals surface area contributed by atoms with Crippen LogP contribution in [-0.2, 0) is 9.32 Å². The van der Waals surface area contributed by atoms with Crippen molar-refractivity contribution in [3.8, 4) is 0 Å². The van der Waals surface area contributed by atoms with Gasteiger partial charge in [-0.25, -0.2) is 0 Å². The van der Waals surface area contributed by atoms with Gasteiger partial charge in [0.2, 0.25) is 0 Å². The Balaban J connectivity index is 2.07. The molecule has 0 atom stereocenters. The van der Waals surface area contributed by atoms with Crippen LogP contribution in [-0.4, -0.2) is 12.6 Å². The number of hydrogen-bond acceptors (Lipinski definition) is 2. The van der Waals surface area contributed by atoms with E-state index in [1.54, 1.807) is 0 Å². The molecule has 30 heavy (non-hydrogen) atoms. The van der Waals surface area contributed by atoms with Gasteiger partial charge in [-0.1, -0.05) is 0 Å². The van der Waals surface area contributed by atoms with Crippen LogP contribution < -0.4 is 15.9 Å². The maximum absolute atomic E-state index is 13.2. The van der Waals surface area contributed by atoms with Crippen molar-refractivity contribution in [2.75, 3.05) is 6.66 Å². The molecule has 0 saturated carbocycles. The van der Waals surface area contributed by atoms with Gasteiger partial charge in [0.1, 0.15) is 0 Å². The third kappa shape index (κ3) is 4.50. The Morgan fingerprint density at radius 1 is 0.667 bits per heavy atom. The number of carbonyl (C=O) groups is 1. The van der Waals surface area contributed by atoms with Crippen molar-refractivity contribution in [2.45, 2.75) is 45.4 Å². The molecule has 0 fully saturated rings. The van der Waals surface area contributed by atoms with Gasteiger partial charge in [-0.05, 0) is 0 Å². The molecule has 0 aromatic heterocycles. The molecular weight excluding hydrogens is 387 g/mol. The quantitative estimate of drug-likeness (QED) is 0.299. The predicted molar refractivity (Wildman–Crippen MR) is 131 cm³/mol. The van der Waals surface area contributed by atoms with Gasteiger partial charge in [0, 0.05) is 0 Å². The molecule has 0 N–H and O–H groups in total. The van der Waals surface area contributed by atoms with Gasteiger partial charge in [0.15, 0.2) is 0 Å². The molecule has 3 rings (SSSR count). The zero-order chi connectivity index (χ0) is 21.3. The normalized spacial score (nSPS) is 12.7. The molecule has 0 aliphatic carbocycles. The second kappa shape index (κ2) is 10.0. The van der Waals surface area contributed by atoms with Crippen molar-refractivity contribution in [3.05, 3.63) is 91.0 Å². The van der Waals surface area contributed by atoms with E-state index in [-0.39, 0.29) is 5.97 Å². The van der Waals surface area contributed by atoms with Crippen LogP contribution in [0, 0.1) is 0 Å². The van der Waals surface area contributed by atoms with Crippen LogP contribution in [0.25, 0.3) is 0 Å². The fraction of sp³-hybridized carbons (Fsp3) is 0.296. The monoisotopic (exact) mass is 420 g/mol. The molecule has 0 aliphatic rings. The van der Waals surface area contributed by atoms with Crippen molar-refractivity contribution in [1.82, 2.24) is 0 Å². The first-order valence-electron chi connectivity index (χ1n) is 11.0. The van der Waals surface area contributed by atoms with E-state index >= 15 is 0 Å². The Morgan fingerprint density at radius 3 is 1.47 bits per heavy atom. The molecule has 158 valence electrons. The topological polar surface area (TPSA) is 26.3 Å². The summed E-state index contributed by atoms with van der Waals surface area (Å²) in [5.74, 6) is -0.108. The van der Waals surface area contributed by atoms with E-state index in [0.29, 0.717) is 6.42 Å². The summed E-state index contributed by atoms with van der Waals surface area (Å²) in [5.41, 5.74) is 0. The number of unbranched alkanes of at least 4 members (excludes halogenated alkanes) is 4. The minimum atomic E-state index is -3.43. The van der Waals surface area contributed by atoms with Crippen molar-refractivity contribution in [3.63, 3.8) is 0 Å². The molecule has 0 unspecified atom stereocenters. The molecule has 3 aromatic rings. The minimum absolute atomic E-state index is 0.108. The van der Waals surface area contributed by atoms with E-state index in [1.807, 2.05) is 54.6 Å². The molecule has 0 bridgehead atoms. The summed E-state index contributed by atoms with van der Waals surface area (Å²) in [7, 11) is 0. The summed E-state index contributed by atoms with van der Waals surface area (Å²) in [6, 6.07) is 30.8.